The molecule has 0 aromatic heterocycles. The first-order valence-electron chi connectivity index (χ1n) is 10.5. The van der Waals surface area contributed by atoms with E-state index in [1.165, 1.54) is 5.56 Å². The van der Waals surface area contributed by atoms with Crippen molar-refractivity contribution in [3.05, 3.63) is 99.6 Å². The molecule has 0 fully saturated rings. The summed E-state index contributed by atoms with van der Waals surface area (Å²) in [7, 11) is 2.02. The SMILES string of the molecule is CN1c2ccccc2C(C)(C)C12C=Cc1cc([N+](=O)[O-])cc(COc3ccccc3)c1O2. The standard InChI is InChI=1S/C26H24N2O4/c1-25(2)22-11-7-8-12-23(22)27(3)26(25)14-13-18-15-20(28(29)30)16-19(24(18)32-26)17-31-21-9-5-4-6-10-21/h4-16H,17H2,1-3H3. The molecule has 3 aromatic rings. The minimum Gasteiger partial charge on any atom is -0.489 e. The summed E-state index contributed by atoms with van der Waals surface area (Å²) in [6.07, 6.45) is 3.95. The third-order valence-electron chi connectivity index (χ3n) is 6.61. The predicted molar refractivity (Wildman–Crippen MR) is 124 cm³/mol. The number of anilines is 1. The minimum atomic E-state index is -0.763. The van der Waals surface area contributed by atoms with E-state index in [4.69, 9.17) is 9.47 Å². The van der Waals surface area contributed by atoms with E-state index >= 15 is 0 Å². The molecule has 6 nitrogen and oxygen atoms in total. The molecule has 2 heterocycles. The zero-order valence-corrected chi connectivity index (χ0v) is 18.2. The van der Waals surface area contributed by atoms with E-state index in [0.717, 1.165) is 5.69 Å². The van der Waals surface area contributed by atoms with Crippen LogP contribution in [-0.4, -0.2) is 17.7 Å². The average molecular weight is 428 g/mol. The molecule has 32 heavy (non-hydrogen) atoms. The molecule has 0 N–H and O–H groups in total. The number of nitrogens with zero attached hydrogens (tertiary/aromatic N) is 2. The summed E-state index contributed by atoms with van der Waals surface area (Å²) in [4.78, 5) is 13.3. The molecule has 1 spiro atoms. The molecule has 2 aliphatic rings. The topological polar surface area (TPSA) is 64.8 Å². The monoisotopic (exact) mass is 428 g/mol. The highest BCUT2D eigenvalue weighted by molar-refractivity contribution is 5.73. The molecule has 0 saturated heterocycles. The summed E-state index contributed by atoms with van der Waals surface area (Å²) in [6, 6.07) is 20.8. The van der Waals surface area contributed by atoms with E-state index in [1.54, 1.807) is 12.1 Å². The van der Waals surface area contributed by atoms with E-state index in [9.17, 15) is 10.1 Å². The van der Waals surface area contributed by atoms with Crippen molar-refractivity contribution in [2.24, 2.45) is 0 Å². The van der Waals surface area contributed by atoms with Gasteiger partial charge in [0.2, 0.25) is 5.72 Å². The summed E-state index contributed by atoms with van der Waals surface area (Å²) < 4.78 is 12.7. The molecule has 0 amide bonds. The molecule has 0 saturated carbocycles. The molecule has 0 bridgehead atoms. The predicted octanol–water partition coefficient (Wildman–Crippen LogP) is 5.70. The Hall–Kier alpha value is -3.80. The molecule has 1 unspecified atom stereocenters. The van der Waals surface area contributed by atoms with Gasteiger partial charge in [-0.1, -0.05) is 36.4 Å². The van der Waals surface area contributed by atoms with E-state index in [0.29, 0.717) is 22.6 Å². The van der Waals surface area contributed by atoms with Crippen molar-refractivity contribution >= 4 is 17.5 Å². The molecule has 0 aliphatic carbocycles. The van der Waals surface area contributed by atoms with Crippen LogP contribution in [0, 0.1) is 10.1 Å². The maximum atomic E-state index is 11.6. The Morgan fingerprint density at radius 1 is 1.06 bits per heavy atom. The summed E-state index contributed by atoms with van der Waals surface area (Å²) in [6.45, 7) is 4.49. The van der Waals surface area contributed by atoms with Crippen LogP contribution < -0.4 is 14.4 Å². The molecule has 1 atom stereocenters. The molecule has 3 aromatic carbocycles. The van der Waals surface area contributed by atoms with Gasteiger partial charge < -0.3 is 14.4 Å². The van der Waals surface area contributed by atoms with Gasteiger partial charge in [-0.2, -0.15) is 0 Å². The number of hydrogen-bond donors (Lipinski definition) is 0. The van der Waals surface area contributed by atoms with Crippen molar-refractivity contribution < 1.29 is 14.4 Å². The number of nitro benzene ring substituents is 1. The fraction of sp³-hybridized carbons (Fsp3) is 0.231. The lowest BCUT2D eigenvalue weighted by molar-refractivity contribution is -0.385. The van der Waals surface area contributed by atoms with Gasteiger partial charge in [0.1, 0.15) is 18.1 Å². The zero-order valence-electron chi connectivity index (χ0n) is 18.2. The first-order valence-corrected chi connectivity index (χ1v) is 10.5. The summed E-state index contributed by atoms with van der Waals surface area (Å²) in [5, 5.41) is 11.6. The zero-order chi connectivity index (χ0) is 22.5. The molecular formula is C26H24N2O4. The van der Waals surface area contributed by atoms with Crippen LogP contribution in [0.3, 0.4) is 0 Å². The van der Waals surface area contributed by atoms with Gasteiger partial charge in [-0.3, -0.25) is 10.1 Å². The van der Waals surface area contributed by atoms with Crippen molar-refractivity contribution in [3.63, 3.8) is 0 Å². The maximum Gasteiger partial charge on any atom is 0.270 e. The highest BCUT2D eigenvalue weighted by atomic mass is 16.6. The van der Waals surface area contributed by atoms with E-state index in [2.05, 4.69) is 30.9 Å². The van der Waals surface area contributed by atoms with Gasteiger partial charge in [0.25, 0.3) is 5.69 Å². The van der Waals surface area contributed by atoms with Crippen LogP contribution in [-0.2, 0) is 12.0 Å². The Bertz CT molecular complexity index is 1240. The van der Waals surface area contributed by atoms with E-state index < -0.39 is 5.72 Å². The molecular weight excluding hydrogens is 404 g/mol. The Morgan fingerprint density at radius 2 is 1.78 bits per heavy atom. The first-order chi connectivity index (χ1) is 15.3. The Labute approximate surface area is 186 Å². The molecule has 0 radical (unpaired) electrons. The number of benzene rings is 3. The van der Waals surface area contributed by atoms with Crippen molar-refractivity contribution in [3.8, 4) is 11.5 Å². The third kappa shape index (κ3) is 2.87. The van der Waals surface area contributed by atoms with Gasteiger partial charge in [0.05, 0.1) is 10.3 Å². The number of ether oxygens (including phenoxy) is 2. The Kier molecular flexibility index (Phi) is 4.48. The fourth-order valence-electron chi connectivity index (χ4n) is 4.83. The molecule has 5 rings (SSSR count). The highest BCUT2D eigenvalue weighted by Gasteiger charge is 2.57. The number of hydrogen-bond acceptors (Lipinski definition) is 5. The average Bonchev–Trinajstić information content (AvgIpc) is 2.96. The summed E-state index contributed by atoms with van der Waals surface area (Å²) in [5.74, 6) is 1.31. The van der Waals surface area contributed by atoms with Crippen LogP contribution >= 0.6 is 0 Å². The summed E-state index contributed by atoms with van der Waals surface area (Å²) >= 11 is 0. The normalized spacial score (nSPS) is 19.9. The smallest absolute Gasteiger partial charge is 0.270 e. The van der Waals surface area contributed by atoms with E-state index in [1.807, 2.05) is 61.7 Å². The van der Waals surface area contributed by atoms with Crippen LogP contribution in [0.5, 0.6) is 11.5 Å². The second kappa shape index (κ2) is 7.12. The Balaban J connectivity index is 1.59. The van der Waals surface area contributed by atoms with Crippen molar-refractivity contribution in [2.45, 2.75) is 31.6 Å². The van der Waals surface area contributed by atoms with Crippen molar-refractivity contribution in [2.75, 3.05) is 11.9 Å². The van der Waals surface area contributed by atoms with Crippen LogP contribution in [0.2, 0.25) is 0 Å². The molecule has 6 heteroatoms. The number of non-ortho nitro benzene ring substituents is 1. The van der Waals surface area contributed by atoms with Crippen LogP contribution in [0.25, 0.3) is 6.08 Å². The van der Waals surface area contributed by atoms with Gasteiger partial charge in [-0.05, 0) is 49.8 Å². The van der Waals surface area contributed by atoms with Crippen LogP contribution in [0.4, 0.5) is 11.4 Å². The minimum absolute atomic E-state index is 0.0157. The third-order valence-corrected chi connectivity index (χ3v) is 6.61. The molecule has 2 aliphatic heterocycles. The largest absolute Gasteiger partial charge is 0.489 e. The van der Waals surface area contributed by atoms with Gasteiger partial charge in [0.15, 0.2) is 0 Å². The second-order valence-corrected chi connectivity index (χ2v) is 8.72. The van der Waals surface area contributed by atoms with Crippen molar-refractivity contribution in [1.29, 1.82) is 0 Å². The van der Waals surface area contributed by atoms with Gasteiger partial charge in [-0.15, -0.1) is 0 Å². The molecule has 162 valence electrons. The fourth-order valence-corrected chi connectivity index (χ4v) is 4.83. The van der Waals surface area contributed by atoms with Gasteiger partial charge in [-0.25, -0.2) is 0 Å². The van der Waals surface area contributed by atoms with Gasteiger partial charge >= 0.3 is 0 Å². The lowest BCUT2D eigenvalue weighted by Crippen LogP contribution is -2.58. The lowest BCUT2D eigenvalue weighted by Gasteiger charge is -2.46. The first kappa shape index (κ1) is 20.1. The number of nitro groups is 1. The van der Waals surface area contributed by atoms with Crippen LogP contribution in [0.1, 0.15) is 30.5 Å². The second-order valence-electron chi connectivity index (χ2n) is 8.72. The number of rotatable bonds is 4. The summed E-state index contributed by atoms with van der Waals surface area (Å²) in [5.41, 5.74) is 2.52. The van der Waals surface area contributed by atoms with Crippen LogP contribution in [0.15, 0.2) is 72.8 Å². The lowest BCUT2D eigenvalue weighted by atomic mass is 9.76. The number of likely N-dealkylation sites (N-methyl/N-ethyl adjacent to an activating group) is 1. The number of para-hydroxylation sites is 2. The Morgan fingerprint density at radius 3 is 2.50 bits per heavy atom. The van der Waals surface area contributed by atoms with E-state index in [-0.39, 0.29) is 22.6 Å². The quantitative estimate of drug-likeness (QED) is 0.394. The highest BCUT2D eigenvalue weighted by Crippen LogP contribution is 2.54. The maximum absolute atomic E-state index is 11.6. The van der Waals surface area contributed by atoms with Gasteiger partial charge in [0, 0.05) is 36.0 Å². The number of fused-ring (bicyclic) bond motifs is 2. The van der Waals surface area contributed by atoms with Crippen molar-refractivity contribution in [1.82, 2.24) is 0 Å².